The first-order chi connectivity index (χ1) is 8.53. The van der Waals surface area contributed by atoms with E-state index < -0.39 is 37.2 Å². The summed E-state index contributed by atoms with van der Waals surface area (Å²) in [4.78, 5) is 23.3. The van der Waals surface area contributed by atoms with Crippen molar-refractivity contribution >= 4 is 31.1 Å². The maximum atomic E-state index is 11.6. The first-order valence-corrected chi connectivity index (χ1v) is 13.0. The number of carbonyl (C=O) groups is 2. The number of carbonyl (C=O) groups excluding carboxylic acids is 2. The summed E-state index contributed by atoms with van der Waals surface area (Å²) >= 11 is -3.64. The van der Waals surface area contributed by atoms with E-state index in [1.54, 1.807) is 0 Å². The standard InChI is InChI=1S/C4H6O5.2C4H9.Sn/c5-2(4(8)9)1-3(6)7;2*1-3-4-2;/h2,5H,1H2,(H,6,7)(H,8,9);2*1,3-4H2,2H3;/q;;;+2/p-2/t2-;;;/m1.../s1. The second-order valence-corrected chi connectivity index (χ2v) is 14.0. The van der Waals surface area contributed by atoms with Crippen LogP contribution in [0.25, 0.3) is 0 Å². The fraction of sp³-hybridized carbons (Fsp3) is 0.833. The van der Waals surface area contributed by atoms with Gasteiger partial charge in [0.15, 0.2) is 0 Å². The summed E-state index contributed by atoms with van der Waals surface area (Å²) in [7, 11) is 0. The van der Waals surface area contributed by atoms with E-state index in [1.807, 2.05) is 0 Å². The molecule has 0 saturated carbocycles. The van der Waals surface area contributed by atoms with E-state index >= 15 is 0 Å². The van der Waals surface area contributed by atoms with E-state index in [1.165, 1.54) is 0 Å². The van der Waals surface area contributed by atoms with Crippen molar-refractivity contribution in [2.45, 2.75) is 60.9 Å². The predicted molar refractivity (Wildman–Crippen MR) is 68.0 cm³/mol. The molecule has 0 unspecified atom stereocenters. The SMILES string of the molecule is CCC[CH2][Sn]1([CH2]CCC)[O]C(=O)C[C@@H](O)C(=O)[O]1. The molecule has 1 N–H and O–H groups in total. The van der Waals surface area contributed by atoms with E-state index in [0.717, 1.165) is 25.7 Å². The molecule has 1 heterocycles. The normalized spacial score (nSPS) is 23.2. The zero-order valence-corrected chi connectivity index (χ0v) is 14.0. The minimum absolute atomic E-state index is 0.268. The van der Waals surface area contributed by atoms with Crippen molar-refractivity contribution in [3.63, 3.8) is 0 Å². The van der Waals surface area contributed by atoms with Gasteiger partial charge in [0.2, 0.25) is 0 Å². The van der Waals surface area contributed by atoms with Crippen molar-refractivity contribution in [1.29, 1.82) is 0 Å². The molecule has 0 amide bonds. The van der Waals surface area contributed by atoms with E-state index in [-0.39, 0.29) is 6.42 Å². The summed E-state index contributed by atoms with van der Waals surface area (Å²) in [6.45, 7) is 4.10. The second-order valence-electron chi connectivity index (χ2n) is 4.73. The summed E-state index contributed by atoms with van der Waals surface area (Å²) in [6, 6.07) is 0. The van der Waals surface area contributed by atoms with E-state index in [9.17, 15) is 14.7 Å². The molecule has 1 aliphatic rings. The van der Waals surface area contributed by atoms with E-state index in [2.05, 4.69) is 13.8 Å². The third kappa shape index (κ3) is 4.42. The van der Waals surface area contributed by atoms with Gasteiger partial charge in [-0.05, 0) is 0 Å². The quantitative estimate of drug-likeness (QED) is 0.728. The van der Waals surface area contributed by atoms with Crippen LogP contribution >= 0.6 is 0 Å². The van der Waals surface area contributed by atoms with Crippen LogP contribution < -0.4 is 0 Å². The summed E-state index contributed by atoms with van der Waals surface area (Å²) in [6.07, 6.45) is 2.13. The van der Waals surface area contributed by atoms with Crippen LogP contribution in [0.15, 0.2) is 0 Å². The maximum absolute atomic E-state index is 11.6. The molecule has 0 aromatic carbocycles. The van der Waals surface area contributed by atoms with Crippen LogP contribution in [0.5, 0.6) is 0 Å². The molecule has 0 aromatic heterocycles. The Hall–Kier alpha value is -0.301. The van der Waals surface area contributed by atoms with Crippen molar-refractivity contribution in [2.75, 3.05) is 0 Å². The van der Waals surface area contributed by atoms with Crippen LogP contribution in [0.1, 0.15) is 46.0 Å². The zero-order valence-electron chi connectivity index (χ0n) is 11.1. The molecule has 104 valence electrons. The van der Waals surface area contributed by atoms with Gasteiger partial charge in [-0.1, -0.05) is 0 Å². The summed E-state index contributed by atoms with van der Waals surface area (Å²) in [5.41, 5.74) is 0. The van der Waals surface area contributed by atoms with Crippen molar-refractivity contribution < 1.29 is 20.8 Å². The van der Waals surface area contributed by atoms with Crippen molar-refractivity contribution in [2.24, 2.45) is 0 Å². The Balaban J connectivity index is 2.83. The van der Waals surface area contributed by atoms with Gasteiger partial charge in [0.25, 0.3) is 0 Å². The van der Waals surface area contributed by atoms with Gasteiger partial charge in [-0.3, -0.25) is 0 Å². The molecular weight excluding hydrogens is 343 g/mol. The predicted octanol–water partition coefficient (Wildman–Crippen LogP) is 1.88. The van der Waals surface area contributed by atoms with Gasteiger partial charge in [-0.15, -0.1) is 0 Å². The Labute approximate surface area is 113 Å². The molecule has 0 aliphatic carbocycles. The molecule has 1 fully saturated rings. The Bertz CT molecular complexity index is 297. The van der Waals surface area contributed by atoms with Crippen LogP contribution in [0.4, 0.5) is 0 Å². The van der Waals surface area contributed by atoms with Gasteiger partial charge in [-0.2, -0.15) is 0 Å². The average molecular weight is 365 g/mol. The Morgan fingerprint density at radius 1 is 1.17 bits per heavy atom. The fourth-order valence-electron chi connectivity index (χ4n) is 1.98. The molecule has 1 atom stereocenters. The van der Waals surface area contributed by atoms with E-state index in [0.29, 0.717) is 8.87 Å². The number of aliphatic hydroxyl groups is 1. The first kappa shape index (κ1) is 15.8. The van der Waals surface area contributed by atoms with Gasteiger partial charge in [-0.25, -0.2) is 0 Å². The summed E-state index contributed by atoms with van der Waals surface area (Å²) < 4.78 is 12.4. The number of hydrogen-bond donors (Lipinski definition) is 1. The second kappa shape index (κ2) is 7.33. The van der Waals surface area contributed by atoms with Crippen LogP contribution in [-0.2, 0) is 15.7 Å². The third-order valence-corrected chi connectivity index (χ3v) is 12.8. The third-order valence-electron chi connectivity index (χ3n) is 3.04. The molecule has 0 spiro atoms. The van der Waals surface area contributed by atoms with E-state index in [4.69, 9.17) is 6.15 Å². The van der Waals surface area contributed by atoms with Gasteiger partial charge in [0.1, 0.15) is 0 Å². The summed E-state index contributed by atoms with van der Waals surface area (Å²) in [5, 5.41) is 9.47. The van der Waals surface area contributed by atoms with Gasteiger partial charge in [0.05, 0.1) is 0 Å². The summed E-state index contributed by atoms with van der Waals surface area (Å²) in [5.74, 6) is -1.14. The molecule has 5 nitrogen and oxygen atoms in total. The molecule has 1 aliphatic heterocycles. The molecule has 1 rings (SSSR count). The van der Waals surface area contributed by atoms with Crippen molar-refractivity contribution in [1.82, 2.24) is 0 Å². The van der Waals surface area contributed by atoms with Gasteiger partial charge in [0, 0.05) is 0 Å². The molecule has 0 bridgehead atoms. The Morgan fingerprint density at radius 3 is 2.22 bits per heavy atom. The van der Waals surface area contributed by atoms with Crippen LogP contribution in [-0.4, -0.2) is 42.4 Å². The molecule has 0 radical (unpaired) electrons. The molecular formula is C12H22O5Sn. The van der Waals surface area contributed by atoms with Gasteiger partial charge >= 0.3 is 113 Å². The first-order valence-electron chi connectivity index (χ1n) is 6.65. The molecule has 1 saturated heterocycles. The molecule has 0 aromatic rings. The van der Waals surface area contributed by atoms with Crippen LogP contribution in [0, 0.1) is 0 Å². The number of aliphatic hydroxyl groups excluding tert-OH is 1. The number of hydrogen-bond acceptors (Lipinski definition) is 5. The van der Waals surface area contributed by atoms with Crippen LogP contribution in [0.3, 0.4) is 0 Å². The van der Waals surface area contributed by atoms with Crippen molar-refractivity contribution in [3.8, 4) is 0 Å². The Kier molecular flexibility index (Phi) is 6.41. The average Bonchev–Trinajstić information content (AvgIpc) is 2.42. The monoisotopic (exact) mass is 366 g/mol. The zero-order chi connectivity index (χ0) is 13.6. The minimum atomic E-state index is -3.64. The van der Waals surface area contributed by atoms with Crippen molar-refractivity contribution in [3.05, 3.63) is 0 Å². The van der Waals surface area contributed by atoms with Gasteiger partial charge < -0.3 is 0 Å². The Morgan fingerprint density at radius 2 is 1.72 bits per heavy atom. The topological polar surface area (TPSA) is 72.8 Å². The fourth-order valence-corrected chi connectivity index (χ4v) is 11.9. The van der Waals surface area contributed by atoms with Crippen LogP contribution in [0.2, 0.25) is 8.87 Å². The number of rotatable bonds is 6. The molecule has 18 heavy (non-hydrogen) atoms. The molecule has 6 heteroatoms. The number of unbranched alkanes of at least 4 members (excludes halogenated alkanes) is 2.